The molecular weight excluding hydrogens is 260 g/mol. The van der Waals surface area contributed by atoms with Crippen molar-refractivity contribution in [2.45, 2.75) is 13.3 Å². The number of benzene rings is 2. The fourth-order valence-corrected chi connectivity index (χ4v) is 3.02. The number of nitrogens with zero attached hydrogens (tertiary/aromatic N) is 1. The number of aryl methyl sites for hydroxylation is 1. The Balaban J connectivity index is 1.77. The highest BCUT2D eigenvalue weighted by Gasteiger charge is 2.14. The van der Waals surface area contributed by atoms with Crippen LogP contribution in [0.5, 0.6) is 0 Å². The molecule has 1 saturated heterocycles. The van der Waals surface area contributed by atoms with Gasteiger partial charge in [-0.3, -0.25) is 4.79 Å². The van der Waals surface area contributed by atoms with E-state index in [1.807, 2.05) is 18.2 Å². The zero-order valence-electron chi connectivity index (χ0n) is 12.6. The van der Waals surface area contributed by atoms with Crippen LogP contribution in [0.2, 0.25) is 0 Å². The van der Waals surface area contributed by atoms with Gasteiger partial charge in [-0.25, -0.2) is 0 Å². The van der Waals surface area contributed by atoms with Crippen LogP contribution in [0.15, 0.2) is 36.4 Å². The molecule has 0 amide bonds. The number of hydrogen-bond donors (Lipinski definition) is 1. The molecule has 0 aromatic heterocycles. The Morgan fingerprint density at radius 3 is 2.57 bits per heavy atom. The number of Topliss-reactive ketones (excluding diaryl/α,β-unsaturated/α-hetero) is 1. The SMILES string of the molecule is Cc1ccc(C(=O)CCN2CCNCC2)c2ccccc12. The highest BCUT2D eigenvalue weighted by Crippen LogP contribution is 2.23. The van der Waals surface area contributed by atoms with E-state index in [9.17, 15) is 4.79 Å². The Kier molecular flexibility index (Phi) is 4.32. The third-order valence-electron chi connectivity index (χ3n) is 4.31. The molecule has 2 aromatic carbocycles. The fourth-order valence-electron chi connectivity index (χ4n) is 3.02. The first-order valence-corrected chi connectivity index (χ1v) is 7.70. The molecule has 1 heterocycles. The molecular formula is C18H22N2O. The van der Waals surface area contributed by atoms with Crippen molar-refractivity contribution in [1.82, 2.24) is 10.2 Å². The number of carbonyl (C=O) groups excluding carboxylic acids is 1. The van der Waals surface area contributed by atoms with Crippen LogP contribution in [0.3, 0.4) is 0 Å². The molecule has 3 rings (SSSR count). The van der Waals surface area contributed by atoms with Crippen molar-refractivity contribution in [3.8, 4) is 0 Å². The summed E-state index contributed by atoms with van der Waals surface area (Å²) in [6.07, 6.45) is 0.604. The molecule has 1 N–H and O–H groups in total. The van der Waals surface area contributed by atoms with E-state index in [4.69, 9.17) is 0 Å². The lowest BCUT2D eigenvalue weighted by molar-refractivity contribution is 0.0962. The van der Waals surface area contributed by atoms with E-state index in [0.29, 0.717) is 6.42 Å². The van der Waals surface area contributed by atoms with E-state index >= 15 is 0 Å². The molecule has 1 fully saturated rings. The first-order valence-electron chi connectivity index (χ1n) is 7.70. The summed E-state index contributed by atoms with van der Waals surface area (Å²) in [5, 5.41) is 5.61. The first kappa shape index (κ1) is 14.2. The fraction of sp³-hybridized carbons (Fsp3) is 0.389. The number of rotatable bonds is 4. The van der Waals surface area contributed by atoms with Crippen LogP contribution in [-0.2, 0) is 0 Å². The van der Waals surface area contributed by atoms with Gasteiger partial charge >= 0.3 is 0 Å². The van der Waals surface area contributed by atoms with Crippen LogP contribution in [0.1, 0.15) is 22.3 Å². The van der Waals surface area contributed by atoms with Gasteiger partial charge in [-0.05, 0) is 23.3 Å². The lowest BCUT2D eigenvalue weighted by Crippen LogP contribution is -2.44. The van der Waals surface area contributed by atoms with Gasteiger partial charge in [0.05, 0.1) is 0 Å². The first-order chi connectivity index (χ1) is 10.3. The molecule has 1 aliphatic heterocycles. The van der Waals surface area contributed by atoms with E-state index in [-0.39, 0.29) is 5.78 Å². The Hall–Kier alpha value is -1.71. The maximum Gasteiger partial charge on any atom is 0.164 e. The quantitative estimate of drug-likeness (QED) is 0.875. The largest absolute Gasteiger partial charge is 0.314 e. The second-order valence-corrected chi connectivity index (χ2v) is 5.74. The zero-order valence-corrected chi connectivity index (χ0v) is 12.6. The van der Waals surface area contributed by atoms with E-state index < -0.39 is 0 Å². The molecule has 21 heavy (non-hydrogen) atoms. The van der Waals surface area contributed by atoms with E-state index in [1.165, 1.54) is 10.9 Å². The molecule has 0 saturated carbocycles. The number of hydrogen-bond acceptors (Lipinski definition) is 3. The minimum Gasteiger partial charge on any atom is -0.314 e. The van der Waals surface area contributed by atoms with Crippen molar-refractivity contribution >= 4 is 16.6 Å². The second kappa shape index (κ2) is 6.37. The maximum atomic E-state index is 12.6. The van der Waals surface area contributed by atoms with Crippen LogP contribution >= 0.6 is 0 Å². The minimum atomic E-state index is 0.254. The van der Waals surface area contributed by atoms with Gasteiger partial charge in [0.25, 0.3) is 0 Å². The van der Waals surface area contributed by atoms with Crippen LogP contribution < -0.4 is 5.32 Å². The summed E-state index contributed by atoms with van der Waals surface area (Å²) in [7, 11) is 0. The zero-order chi connectivity index (χ0) is 14.7. The topological polar surface area (TPSA) is 32.3 Å². The Labute approximate surface area is 125 Å². The highest BCUT2D eigenvalue weighted by atomic mass is 16.1. The number of ketones is 1. The molecule has 1 aliphatic rings. The minimum absolute atomic E-state index is 0.254. The normalized spacial score (nSPS) is 16.2. The molecule has 3 heteroatoms. The standard InChI is InChI=1S/C18H22N2O/c1-14-6-7-17(16-5-3-2-4-15(14)16)18(21)8-11-20-12-9-19-10-13-20/h2-7,19H,8-13H2,1H3. The molecule has 0 aliphatic carbocycles. The predicted molar refractivity (Wildman–Crippen MR) is 86.9 cm³/mol. The van der Waals surface area contributed by atoms with E-state index in [0.717, 1.165) is 43.7 Å². The third-order valence-corrected chi connectivity index (χ3v) is 4.31. The van der Waals surface area contributed by atoms with Crippen LogP contribution in [0.4, 0.5) is 0 Å². The summed E-state index contributed by atoms with van der Waals surface area (Å²) in [5.41, 5.74) is 2.09. The van der Waals surface area contributed by atoms with Gasteiger partial charge in [0, 0.05) is 44.7 Å². The molecule has 110 valence electrons. The van der Waals surface area contributed by atoms with Crippen molar-refractivity contribution < 1.29 is 4.79 Å². The number of piperazine rings is 1. The van der Waals surface area contributed by atoms with Gasteiger partial charge in [-0.15, -0.1) is 0 Å². The van der Waals surface area contributed by atoms with Crippen molar-refractivity contribution in [3.05, 3.63) is 47.5 Å². The van der Waals surface area contributed by atoms with Crippen molar-refractivity contribution in [2.24, 2.45) is 0 Å². The smallest absolute Gasteiger partial charge is 0.164 e. The summed E-state index contributed by atoms with van der Waals surface area (Å²) < 4.78 is 0. The third kappa shape index (κ3) is 3.14. The molecule has 0 bridgehead atoms. The Morgan fingerprint density at radius 2 is 1.81 bits per heavy atom. The molecule has 0 unspecified atom stereocenters. The summed E-state index contributed by atoms with van der Waals surface area (Å²) in [5.74, 6) is 0.254. The number of carbonyl (C=O) groups is 1. The maximum absolute atomic E-state index is 12.6. The Bertz CT molecular complexity index is 645. The molecule has 0 atom stereocenters. The van der Waals surface area contributed by atoms with Gasteiger partial charge in [-0.1, -0.05) is 36.4 Å². The molecule has 2 aromatic rings. The van der Waals surface area contributed by atoms with Gasteiger partial charge in [-0.2, -0.15) is 0 Å². The lowest BCUT2D eigenvalue weighted by atomic mass is 9.96. The monoisotopic (exact) mass is 282 g/mol. The van der Waals surface area contributed by atoms with Gasteiger partial charge in [0.1, 0.15) is 0 Å². The van der Waals surface area contributed by atoms with Crippen LogP contribution in [-0.4, -0.2) is 43.4 Å². The van der Waals surface area contributed by atoms with E-state index in [1.54, 1.807) is 0 Å². The van der Waals surface area contributed by atoms with Crippen molar-refractivity contribution in [2.75, 3.05) is 32.7 Å². The summed E-state index contributed by atoms with van der Waals surface area (Å²) in [6.45, 7) is 7.10. The van der Waals surface area contributed by atoms with Crippen molar-refractivity contribution in [3.63, 3.8) is 0 Å². The van der Waals surface area contributed by atoms with Crippen LogP contribution in [0, 0.1) is 6.92 Å². The predicted octanol–water partition coefficient (Wildman–Crippen LogP) is 2.63. The van der Waals surface area contributed by atoms with Crippen LogP contribution in [0.25, 0.3) is 10.8 Å². The molecule has 0 radical (unpaired) electrons. The number of nitrogens with one attached hydrogen (secondary N) is 1. The average Bonchev–Trinajstić information content (AvgIpc) is 2.54. The average molecular weight is 282 g/mol. The lowest BCUT2D eigenvalue weighted by Gasteiger charge is -2.26. The highest BCUT2D eigenvalue weighted by molar-refractivity contribution is 6.08. The summed E-state index contributed by atoms with van der Waals surface area (Å²) in [6, 6.07) is 12.2. The van der Waals surface area contributed by atoms with Crippen molar-refractivity contribution in [1.29, 1.82) is 0 Å². The van der Waals surface area contributed by atoms with Gasteiger partial charge in [0.15, 0.2) is 5.78 Å². The summed E-state index contributed by atoms with van der Waals surface area (Å²) >= 11 is 0. The molecule has 3 nitrogen and oxygen atoms in total. The van der Waals surface area contributed by atoms with E-state index in [2.05, 4.69) is 35.3 Å². The van der Waals surface area contributed by atoms with Gasteiger partial charge in [0.2, 0.25) is 0 Å². The Morgan fingerprint density at radius 1 is 1.10 bits per heavy atom. The molecule has 0 spiro atoms. The second-order valence-electron chi connectivity index (χ2n) is 5.74. The summed E-state index contributed by atoms with van der Waals surface area (Å²) in [4.78, 5) is 14.9. The number of fused-ring (bicyclic) bond motifs is 1. The van der Waals surface area contributed by atoms with Gasteiger partial charge < -0.3 is 10.2 Å².